The molecule has 134 valence electrons. The first-order valence-electron chi connectivity index (χ1n) is 7.85. The van der Waals surface area contributed by atoms with Crippen molar-refractivity contribution in [2.75, 3.05) is 0 Å². The van der Waals surface area contributed by atoms with Crippen LogP contribution in [0.25, 0.3) is 10.8 Å². The summed E-state index contributed by atoms with van der Waals surface area (Å²) < 4.78 is 6.14. The molecule has 0 fully saturated rings. The zero-order chi connectivity index (χ0) is 18.4. The number of aromatic nitrogens is 2. The lowest BCUT2D eigenvalue weighted by Gasteiger charge is -2.07. The first-order chi connectivity index (χ1) is 12.6. The van der Waals surface area contributed by atoms with Gasteiger partial charge in [0.15, 0.2) is 0 Å². The van der Waals surface area contributed by atoms with Crippen LogP contribution >= 0.6 is 11.3 Å². The Morgan fingerprint density at radius 1 is 1.08 bits per heavy atom. The van der Waals surface area contributed by atoms with Gasteiger partial charge in [-0.3, -0.25) is 20.4 Å². The molecule has 0 bridgehead atoms. The van der Waals surface area contributed by atoms with Gasteiger partial charge in [-0.15, -0.1) is 16.4 Å². The third-order valence-corrected chi connectivity index (χ3v) is 4.30. The SMILES string of the molecule is O=C(CCn1nc(-c2cccs2)oc1=O)NNC(=O)Cc1ccccc1. The number of hydrogen-bond donors (Lipinski definition) is 2. The second-order valence-corrected chi connectivity index (χ2v) is 6.33. The zero-order valence-electron chi connectivity index (χ0n) is 13.7. The number of rotatable bonds is 6. The van der Waals surface area contributed by atoms with E-state index in [0.29, 0.717) is 0 Å². The normalized spacial score (nSPS) is 10.5. The number of carbonyl (C=O) groups is 2. The van der Waals surface area contributed by atoms with E-state index < -0.39 is 11.7 Å². The second-order valence-electron chi connectivity index (χ2n) is 5.38. The van der Waals surface area contributed by atoms with Crippen molar-refractivity contribution < 1.29 is 14.0 Å². The minimum Gasteiger partial charge on any atom is -0.387 e. The van der Waals surface area contributed by atoms with Crippen molar-refractivity contribution in [3.05, 3.63) is 64.0 Å². The summed E-state index contributed by atoms with van der Waals surface area (Å²) in [5.41, 5.74) is 5.50. The Morgan fingerprint density at radius 2 is 1.85 bits per heavy atom. The Morgan fingerprint density at radius 3 is 2.58 bits per heavy atom. The van der Waals surface area contributed by atoms with E-state index in [1.54, 1.807) is 6.07 Å². The summed E-state index contributed by atoms with van der Waals surface area (Å²) in [6.07, 6.45) is 0.135. The Bertz CT molecular complexity index is 931. The number of hydrazine groups is 1. The number of carbonyl (C=O) groups excluding carboxylic acids is 2. The predicted molar refractivity (Wildman–Crippen MR) is 95.1 cm³/mol. The van der Waals surface area contributed by atoms with E-state index in [2.05, 4.69) is 16.0 Å². The van der Waals surface area contributed by atoms with E-state index in [4.69, 9.17) is 4.42 Å². The number of thiophene rings is 1. The summed E-state index contributed by atoms with van der Waals surface area (Å²) >= 11 is 1.40. The number of aryl methyl sites for hydroxylation is 1. The molecule has 0 aliphatic carbocycles. The molecule has 0 spiro atoms. The lowest BCUT2D eigenvalue weighted by atomic mass is 10.1. The molecule has 2 N–H and O–H groups in total. The molecule has 0 saturated carbocycles. The molecular weight excluding hydrogens is 356 g/mol. The Labute approximate surface area is 152 Å². The van der Waals surface area contributed by atoms with Gasteiger partial charge in [0.2, 0.25) is 11.8 Å². The van der Waals surface area contributed by atoms with Gasteiger partial charge in [-0.1, -0.05) is 36.4 Å². The van der Waals surface area contributed by atoms with E-state index in [1.165, 1.54) is 11.3 Å². The van der Waals surface area contributed by atoms with E-state index in [1.807, 2.05) is 41.8 Å². The molecular formula is C17H16N4O4S. The summed E-state index contributed by atoms with van der Waals surface area (Å²) in [6.45, 7) is 0.0497. The molecule has 2 aromatic heterocycles. The van der Waals surface area contributed by atoms with Crippen molar-refractivity contribution >= 4 is 23.2 Å². The molecule has 3 rings (SSSR count). The number of amides is 2. The fourth-order valence-corrected chi connectivity index (χ4v) is 2.83. The topological polar surface area (TPSA) is 106 Å². The van der Waals surface area contributed by atoms with Gasteiger partial charge in [0.1, 0.15) is 0 Å². The Balaban J connectivity index is 1.46. The molecule has 3 aromatic rings. The van der Waals surface area contributed by atoms with E-state index in [9.17, 15) is 14.4 Å². The van der Waals surface area contributed by atoms with Crippen molar-refractivity contribution in [3.63, 3.8) is 0 Å². The molecule has 0 radical (unpaired) electrons. The third kappa shape index (κ3) is 4.67. The Kier molecular flexibility index (Phi) is 5.59. The molecule has 0 aliphatic heterocycles. The standard InChI is InChI=1S/C17H16N4O4S/c22-14(18-19-15(23)11-12-5-2-1-3-6-12)8-9-21-17(24)25-16(20-21)13-7-4-10-26-13/h1-7,10H,8-9,11H2,(H,18,22)(H,19,23). The smallest absolute Gasteiger partial charge is 0.387 e. The highest BCUT2D eigenvalue weighted by Gasteiger charge is 2.12. The highest BCUT2D eigenvalue weighted by molar-refractivity contribution is 7.13. The van der Waals surface area contributed by atoms with Gasteiger partial charge in [0.25, 0.3) is 5.89 Å². The van der Waals surface area contributed by atoms with Crippen LogP contribution in [0.4, 0.5) is 0 Å². The molecule has 2 amide bonds. The van der Waals surface area contributed by atoms with E-state index >= 15 is 0 Å². The highest BCUT2D eigenvalue weighted by Crippen LogP contribution is 2.20. The van der Waals surface area contributed by atoms with Gasteiger partial charge in [0, 0.05) is 6.42 Å². The first-order valence-corrected chi connectivity index (χ1v) is 8.73. The molecule has 26 heavy (non-hydrogen) atoms. The van der Waals surface area contributed by atoms with Crippen LogP contribution in [-0.2, 0) is 22.6 Å². The molecule has 9 heteroatoms. The van der Waals surface area contributed by atoms with Crippen molar-refractivity contribution in [1.82, 2.24) is 20.6 Å². The monoisotopic (exact) mass is 372 g/mol. The summed E-state index contributed by atoms with van der Waals surface area (Å²) in [5, 5.41) is 5.90. The summed E-state index contributed by atoms with van der Waals surface area (Å²) in [4.78, 5) is 36.1. The van der Waals surface area contributed by atoms with Crippen LogP contribution in [0.2, 0.25) is 0 Å². The van der Waals surface area contributed by atoms with Crippen molar-refractivity contribution in [2.24, 2.45) is 0 Å². The van der Waals surface area contributed by atoms with Gasteiger partial charge >= 0.3 is 5.76 Å². The number of nitrogens with zero attached hydrogens (tertiary/aromatic N) is 2. The quantitative estimate of drug-likeness (QED) is 0.635. The average molecular weight is 372 g/mol. The van der Waals surface area contributed by atoms with E-state index in [-0.39, 0.29) is 31.2 Å². The van der Waals surface area contributed by atoms with Crippen LogP contribution in [0.15, 0.2) is 57.1 Å². The maximum atomic E-state index is 11.8. The van der Waals surface area contributed by atoms with E-state index in [0.717, 1.165) is 15.1 Å². The minimum absolute atomic E-state index is 0.0259. The molecule has 0 atom stereocenters. The molecule has 2 heterocycles. The number of nitrogens with one attached hydrogen (secondary N) is 2. The molecule has 0 unspecified atom stereocenters. The maximum Gasteiger partial charge on any atom is 0.437 e. The van der Waals surface area contributed by atoms with Gasteiger partial charge in [-0.2, -0.15) is 4.68 Å². The lowest BCUT2D eigenvalue weighted by Crippen LogP contribution is -2.42. The largest absolute Gasteiger partial charge is 0.437 e. The highest BCUT2D eigenvalue weighted by atomic mass is 32.1. The van der Waals surface area contributed by atoms with Gasteiger partial charge in [0.05, 0.1) is 17.8 Å². The van der Waals surface area contributed by atoms with Crippen molar-refractivity contribution in [2.45, 2.75) is 19.4 Å². The van der Waals surface area contributed by atoms with Gasteiger partial charge in [-0.05, 0) is 17.0 Å². The first kappa shape index (κ1) is 17.6. The third-order valence-electron chi connectivity index (χ3n) is 3.44. The van der Waals surface area contributed by atoms with Crippen LogP contribution in [0.5, 0.6) is 0 Å². The van der Waals surface area contributed by atoms with Crippen LogP contribution in [-0.4, -0.2) is 21.6 Å². The molecule has 1 aromatic carbocycles. The fraction of sp³-hybridized carbons (Fsp3) is 0.176. The zero-order valence-corrected chi connectivity index (χ0v) is 14.5. The van der Waals surface area contributed by atoms with Crippen molar-refractivity contribution in [3.8, 4) is 10.8 Å². The van der Waals surface area contributed by atoms with Gasteiger partial charge < -0.3 is 4.42 Å². The van der Waals surface area contributed by atoms with Crippen LogP contribution in [0, 0.1) is 0 Å². The number of hydrogen-bond acceptors (Lipinski definition) is 6. The lowest BCUT2D eigenvalue weighted by molar-refractivity contribution is -0.128. The molecule has 8 nitrogen and oxygen atoms in total. The fourth-order valence-electron chi connectivity index (χ4n) is 2.18. The van der Waals surface area contributed by atoms with Crippen LogP contribution in [0.3, 0.4) is 0 Å². The molecule has 0 saturated heterocycles. The number of benzene rings is 1. The summed E-state index contributed by atoms with van der Waals surface area (Å²) in [5.74, 6) is -1.17. The van der Waals surface area contributed by atoms with Crippen molar-refractivity contribution in [1.29, 1.82) is 0 Å². The second kappa shape index (κ2) is 8.26. The average Bonchev–Trinajstić information content (AvgIpc) is 3.29. The minimum atomic E-state index is -0.630. The summed E-state index contributed by atoms with van der Waals surface area (Å²) in [6, 6.07) is 12.8. The Hall–Kier alpha value is -3.20. The summed E-state index contributed by atoms with van der Waals surface area (Å²) in [7, 11) is 0. The molecule has 0 aliphatic rings. The maximum absolute atomic E-state index is 11.8. The predicted octanol–water partition coefficient (Wildman–Crippen LogP) is 1.34. The van der Waals surface area contributed by atoms with Crippen LogP contribution < -0.4 is 16.6 Å². The van der Waals surface area contributed by atoms with Gasteiger partial charge in [-0.25, -0.2) is 4.79 Å². The van der Waals surface area contributed by atoms with Crippen LogP contribution in [0.1, 0.15) is 12.0 Å².